The molecule has 2 aromatic carbocycles. The summed E-state index contributed by atoms with van der Waals surface area (Å²) in [5.41, 5.74) is 2.68. The predicted octanol–water partition coefficient (Wildman–Crippen LogP) is 3.82. The molecule has 2 aliphatic rings. The third-order valence-electron chi connectivity index (χ3n) is 5.69. The molecule has 0 bridgehead atoms. The van der Waals surface area contributed by atoms with Gasteiger partial charge in [0.25, 0.3) is 0 Å². The number of hydrogen-bond donors (Lipinski definition) is 0. The molecule has 4 rings (SSSR count). The molecule has 142 valence electrons. The van der Waals surface area contributed by atoms with Gasteiger partial charge in [-0.1, -0.05) is 24.3 Å². The summed E-state index contributed by atoms with van der Waals surface area (Å²) in [5.74, 6) is 0.619. The van der Waals surface area contributed by atoms with Crippen LogP contribution in [0.3, 0.4) is 0 Å². The first-order valence-electron chi connectivity index (χ1n) is 9.46. The minimum absolute atomic E-state index is 0.123. The lowest BCUT2D eigenvalue weighted by Gasteiger charge is -2.45. The number of carbonyl (C=O) groups excluding carboxylic acids is 1. The Kier molecular flexibility index (Phi) is 4.87. The number of carbonyl (C=O) groups is 1. The van der Waals surface area contributed by atoms with Gasteiger partial charge in [0.1, 0.15) is 18.2 Å². The van der Waals surface area contributed by atoms with Crippen LogP contribution in [0.15, 0.2) is 42.5 Å². The topological polar surface area (TPSA) is 38.8 Å². The summed E-state index contributed by atoms with van der Waals surface area (Å²) >= 11 is 0. The molecule has 27 heavy (non-hydrogen) atoms. The van der Waals surface area contributed by atoms with E-state index in [2.05, 4.69) is 12.1 Å². The van der Waals surface area contributed by atoms with Crippen LogP contribution in [-0.2, 0) is 28.2 Å². The molecule has 0 aliphatic carbocycles. The quantitative estimate of drug-likeness (QED) is 0.826. The van der Waals surface area contributed by atoms with E-state index in [0.29, 0.717) is 12.2 Å². The van der Waals surface area contributed by atoms with Gasteiger partial charge in [0.05, 0.1) is 12.2 Å². The number of rotatable bonds is 3. The lowest BCUT2D eigenvalue weighted by atomic mass is 9.79. The summed E-state index contributed by atoms with van der Waals surface area (Å²) in [7, 11) is 0. The van der Waals surface area contributed by atoms with Gasteiger partial charge in [-0.25, -0.2) is 4.39 Å². The van der Waals surface area contributed by atoms with Gasteiger partial charge in [-0.2, -0.15) is 0 Å². The van der Waals surface area contributed by atoms with E-state index in [1.165, 1.54) is 17.2 Å². The van der Waals surface area contributed by atoms with Crippen LogP contribution in [-0.4, -0.2) is 30.5 Å². The minimum atomic E-state index is -0.302. The molecule has 5 heteroatoms. The Morgan fingerprint density at radius 2 is 2.00 bits per heavy atom. The number of nitrogens with zero attached hydrogens (tertiary/aromatic N) is 1. The Bertz CT molecular complexity index is 843. The molecule has 0 atom stereocenters. The van der Waals surface area contributed by atoms with Crippen LogP contribution in [0.1, 0.15) is 36.5 Å². The molecular weight excluding hydrogens is 345 g/mol. The van der Waals surface area contributed by atoms with E-state index in [1.54, 1.807) is 19.1 Å². The molecule has 4 nitrogen and oxygen atoms in total. The summed E-state index contributed by atoms with van der Waals surface area (Å²) in [6.07, 6.45) is 2.47. The summed E-state index contributed by atoms with van der Waals surface area (Å²) in [6, 6.07) is 12.7. The van der Waals surface area contributed by atoms with Crippen molar-refractivity contribution in [2.24, 2.45) is 0 Å². The molecule has 0 aromatic heterocycles. The first-order chi connectivity index (χ1) is 13.1. The summed E-state index contributed by atoms with van der Waals surface area (Å²) in [4.78, 5) is 13.5. The zero-order valence-electron chi connectivity index (χ0n) is 15.5. The Labute approximate surface area is 158 Å². The highest BCUT2D eigenvalue weighted by Gasteiger charge is 2.41. The first-order valence-corrected chi connectivity index (χ1v) is 9.46. The Balaban J connectivity index is 1.50. The summed E-state index contributed by atoms with van der Waals surface area (Å²) < 4.78 is 25.8. The standard InChI is InChI=1S/C22H24FNO3/c1-16(25)24-11-9-22(10-12-24)20-7-6-19(14-17(20)8-13-27-22)26-15-18-4-2-3-5-21(18)23/h2-7,14H,8-13,15H2,1H3. The molecular formula is C22H24FNO3. The number of halogens is 1. The van der Waals surface area contributed by atoms with E-state index in [-0.39, 0.29) is 23.9 Å². The van der Waals surface area contributed by atoms with Gasteiger partial charge >= 0.3 is 0 Å². The summed E-state index contributed by atoms with van der Waals surface area (Å²) in [6.45, 7) is 3.94. The van der Waals surface area contributed by atoms with Gasteiger partial charge in [-0.05, 0) is 48.6 Å². The van der Waals surface area contributed by atoms with Crippen molar-refractivity contribution in [3.63, 3.8) is 0 Å². The van der Waals surface area contributed by atoms with E-state index < -0.39 is 0 Å². The number of benzene rings is 2. The third kappa shape index (κ3) is 3.56. The number of piperidine rings is 1. The highest BCUT2D eigenvalue weighted by molar-refractivity contribution is 5.73. The van der Waals surface area contributed by atoms with Crippen molar-refractivity contribution in [2.75, 3.05) is 19.7 Å². The third-order valence-corrected chi connectivity index (χ3v) is 5.69. The summed E-state index contributed by atoms with van der Waals surface area (Å²) in [5, 5.41) is 0. The number of likely N-dealkylation sites (tertiary alicyclic amines) is 1. The maximum absolute atomic E-state index is 13.8. The van der Waals surface area contributed by atoms with Gasteiger partial charge in [-0.3, -0.25) is 4.79 Å². The smallest absolute Gasteiger partial charge is 0.219 e. The SMILES string of the molecule is CC(=O)N1CCC2(CC1)OCCc1cc(OCc3ccccc3F)ccc12. The fourth-order valence-electron chi connectivity index (χ4n) is 4.12. The van der Waals surface area contributed by atoms with E-state index in [1.807, 2.05) is 17.0 Å². The van der Waals surface area contributed by atoms with Gasteiger partial charge in [0.15, 0.2) is 0 Å². The lowest BCUT2D eigenvalue weighted by molar-refractivity contribution is -0.138. The maximum atomic E-state index is 13.8. The van der Waals surface area contributed by atoms with Crippen molar-refractivity contribution < 1.29 is 18.7 Å². The highest BCUT2D eigenvalue weighted by atomic mass is 19.1. The monoisotopic (exact) mass is 369 g/mol. The average Bonchev–Trinajstić information content (AvgIpc) is 2.68. The van der Waals surface area contributed by atoms with Crippen molar-refractivity contribution >= 4 is 5.91 Å². The van der Waals surface area contributed by atoms with Crippen LogP contribution in [0, 0.1) is 5.82 Å². The van der Waals surface area contributed by atoms with Crippen LogP contribution in [0.2, 0.25) is 0 Å². The Morgan fingerprint density at radius 3 is 2.74 bits per heavy atom. The van der Waals surface area contributed by atoms with Crippen LogP contribution >= 0.6 is 0 Å². The second kappa shape index (κ2) is 7.31. The Morgan fingerprint density at radius 1 is 1.22 bits per heavy atom. The molecule has 1 saturated heterocycles. The number of fused-ring (bicyclic) bond motifs is 2. The van der Waals surface area contributed by atoms with Crippen molar-refractivity contribution in [1.29, 1.82) is 0 Å². The van der Waals surface area contributed by atoms with Gasteiger partial charge in [0, 0.05) is 25.6 Å². The Hall–Kier alpha value is -2.40. The van der Waals surface area contributed by atoms with E-state index in [4.69, 9.17) is 9.47 Å². The van der Waals surface area contributed by atoms with Crippen molar-refractivity contribution in [3.8, 4) is 5.75 Å². The van der Waals surface area contributed by atoms with Gasteiger partial charge in [-0.15, -0.1) is 0 Å². The number of ether oxygens (including phenoxy) is 2. The largest absolute Gasteiger partial charge is 0.489 e. The van der Waals surface area contributed by atoms with Crippen LogP contribution in [0.4, 0.5) is 4.39 Å². The number of amides is 1. The molecule has 2 heterocycles. The molecule has 0 N–H and O–H groups in total. The molecule has 2 aliphatic heterocycles. The lowest BCUT2D eigenvalue weighted by Crippen LogP contribution is -2.47. The molecule has 1 spiro atoms. The average molecular weight is 369 g/mol. The van der Waals surface area contributed by atoms with E-state index in [0.717, 1.165) is 38.1 Å². The highest BCUT2D eigenvalue weighted by Crippen LogP contribution is 2.42. The first kappa shape index (κ1) is 18.0. The molecule has 0 saturated carbocycles. The zero-order valence-corrected chi connectivity index (χ0v) is 15.5. The predicted molar refractivity (Wildman–Crippen MR) is 100.0 cm³/mol. The molecule has 0 radical (unpaired) electrons. The normalized spacial score (nSPS) is 18.2. The van der Waals surface area contributed by atoms with Gasteiger partial charge in [0.2, 0.25) is 5.91 Å². The fraction of sp³-hybridized carbons (Fsp3) is 0.409. The van der Waals surface area contributed by atoms with Crippen LogP contribution in [0.5, 0.6) is 5.75 Å². The van der Waals surface area contributed by atoms with Crippen LogP contribution < -0.4 is 4.74 Å². The molecule has 1 amide bonds. The van der Waals surface area contributed by atoms with Crippen molar-refractivity contribution in [1.82, 2.24) is 4.90 Å². The van der Waals surface area contributed by atoms with Gasteiger partial charge < -0.3 is 14.4 Å². The minimum Gasteiger partial charge on any atom is -0.489 e. The zero-order chi connectivity index (χ0) is 18.9. The fourth-order valence-corrected chi connectivity index (χ4v) is 4.12. The van der Waals surface area contributed by atoms with E-state index in [9.17, 15) is 9.18 Å². The maximum Gasteiger partial charge on any atom is 0.219 e. The molecule has 1 fully saturated rings. The molecule has 2 aromatic rings. The second-order valence-corrected chi connectivity index (χ2v) is 7.30. The van der Waals surface area contributed by atoms with E-state index >= 15 is 0 Å². The van der Waals surface area contributed by atoms with Crippen molar-refractivity contribution in [3.05, 3.63) is 65.0 Å². The molecule has 0 unspecified atom stereocenters. The number of hydrogen-bond acceptors (Lipinski definition) is 3. The van der Waals surface area contributed by atoms with Crippen LogP contribution in [0.25, 0.3) is 0 Å². The second-order valence-electron chi connectivity index (χ2n) is 7.30. The van der Waals surface area contributed by atoms with Crippen molar-refractivity contribution in [2.45, 2.75) is 38.4 Å².